The molecule has 0 unspecified atom stereocenters. The number of carbonyl (C=O) groups excluding carboxylic acids is 1. The first-order valence-corrected chi connectivity index (χ1v) is 12.0. The lowest BCUT2D eigenvalue weighted by Crippen LogP contribution is -2.46. The number of primary amides is 1. The van der Waals surface area contributed by atoms with Crippen molar-refractivity contribution < 1.29 is 9.72 Å². The molecule has 1 aliphatic heterocycles. The molecule has 0 spiro atoms. The first-order valence-electron chi connectivity index (χ1n) is 12.0. The molecule has 1 fully saturated rings. The Balaban J connectivity index is 1.42. The molecule has 10 heteroatoms. The van der Waals surface area contributed by atoms with E-state index in [0.717, 1.165) is 38.4 Å². The van der Waals surface area contributed by atoms with Gasteiger partial charge in [0.1, 0.15) is 5.82 Å². The van der Waals surface area contributed by atoms with E-state index in [9.17, 15) is 14.9 Å². The van der Waals surface area contributed by atoms with Gasteiger partial charge in [-0.25, -0.2) is 4.98 Å². The zero-order chi connectivity index (χ0) is 25.5. The van der Waals surface area contributed by atoms with Gasteiger partial charge in [0.2, 0.25) is 0 Å². The van der Waals surface area contributed by atoms with Crippen LogP contribution < -0.4 is 21.3 Å². The highest BCUT2D eigenvalue weighted by Crippen LogP contribution is 2.25. The molecule has 1 saturated heterocycles. The summed E-state index contributed by atoms with van der Waals surface area (Å²) >= 11 is 0. The minimum atomic E-state index is -0.612. The Morgan fingerprint density at radius 2 is 1.86 bits per heavy atom. The van der Waals surface area contributed by atoms with E-state index in [1.165, 1.54) is 30.4 Å². The highest BCUT2D eigenvalue weighted by Gasteiger charge is 2.16. The first kappa shape index (κ1) is 24.9. The summed E-state index contributed by atoms with van der Waals surface area (Å²) in [7, 11) is 0. The Hall–Kier alpha value is -4.18. The number of nitro benzene ring substituents is 1. The monoisotopic (exact) mass is 489 g/mol. The van der Waals surface area contributed by atoms with Crippen LogP contribution in [0.5, 0.6) is 0 Å². The molecule has 3 aromatic rings. The fourth-order valence-corrected chi connectivity index (χ4v) is 4.29. The van der Waals surface area contributed by atoms with E-state index in [-0.39, 0.29) is 17.8 Å². The summed E-state index contributed by atoms with van der Waals surface area (Å²) in [5, 5.41) is 17.5. The number of hydrogen-bond donors (Lipinski definition) is 3. The first-order chi connectivity index (χ1) is 17.4. The average molecular weight is 490 g/mol. The SMILES string of the molecule is CCCN1CCN(c2ccc(Nc3cc(NCc4cccc([N+](=O)[O-])c4)c(C(N)=O)cn3)cc2)CC1. The topological polar surface area (TPSA) is 130 Å². The third kappa shape index (κ3) is 6.28. The number of non-ortho nitro benzene ring substituents is 1. The number of hydrogen-bond acceptors (Lipinski definition) is 8. The van der Waals surface area contributed by atoms with E-state index in [0.29, 0.717) is 17.1 Å². The van der Waals surface area contributed by atoms with Crippen LogP contribution in [-0.2, 0) is 6.54 Å². The van der Waals surface area contributed by atoms with Gasteiger partial charge >= 0.3 is 0 Å². The number of nitrogens with one attached hydrogen (secondary N) is 2. The molecule has 2 heterocycles. The minimum absolute atomic E-state index is 0.00722. The van der Waals surface area contributed by atoms with Crippen LogP contribution in [0.4, 0.5) is 28.6 Å². The number of nitrogens with zero attached hydrogens (tertiary/aromatic N) is 4. The number of rotatable bonds is 10. The van der Waals surface area contributed by atoms with Crippen LogP contribution in [0.25, 0.3) is 0 Å². The average Bonchev–Trinajstić information content (AvgIpc) is 2.89. The molecular weight excluding hydrogens is 458 g/mol. The van der Waals surface area contributed by atoms with Gasteiger partial charge in [-0.15, -0.1) is 0 Å². The molecular formula is C26H31N7O3. The normalized spacial score (nSPS) is 13.9. The lowest BCUT2D eigenvalue weighted by atomic mass is 10.1. The number of amides is 1. The van der Waals surface area contributed by atoms with Crippen LogP contribution in [0.2, 0.25) is 0 Å². The molecule has 0 radical (unpaired) electrons. The second kappa shape index (κ2) is 11.5. The fraction of sp³-hybridized carbons (Fsp3) is 0.308. The minimum Gasteiger partial charge on any atom is -0.380 e. The van der Waals surface area contributed by atoms with E-state index in [4.69, 9.17) is 5.73 Å². The molecule has 0 atom stereocenters. The number of piperazine rings is 1. The summed E-state index contributed by atoms with van der Waals surface area (Å²) in [6.07, 6.45) is 2.60. The summed E-state index contributed by atoms with van der Waals surface area (Å²) in [4.78, 5) is 31.7. The second-order valence-electron chi connectivity index (χ2n) is 8.76. The van der Waals surface area contributed by atoms with E-state index >= 15 is 0 Å². The van der Waals surface area contributed by atoms with Crippen molar-refractivity contribution in [1.82, 2.24) is 9.88 Å². The summed E-state index contributed by atoms with van der Waals surface area (Å²) in [6, 6.07) is 16.2. The molecule has 2 aromatic carbocycles. The van der Waals surface area contributed by atoms with Crippen LogP contribution in [-0.4, -0.2) is 53.4 Å². The lowest BCUT2D eigenvalue weighted by Gasteiger charge is -2.36. The number of aromatic nitrogens is 1. The second-order valence-corrected chi connectivity index (χ2v) is 8.76. The maximum Gasteiger partial charge on any atom is 0.269 e. The molecule has 10 nitrogen and oxygen atoms in total. The van der Waals surface area contributed by atoms with Crippen molar-refractivity contribution in [1.29, 1.82) is 0 Å². The Labute approximate surface area is 210 Å². The van der Waals surface area contributed by atoms with E-state index in [2.05, 4.69) is 44.5 Å². The zero-order valence-electron chi connectivity index (χ0n) is 20.3. The predicted molar refractivity (Wildman–Crippen MR) is 142 cm³/mol. The standard InChI is InChI=1S/C26H31N7O3/c1-2-10-31-11-13-32(14-12-31)21-8-6-20(7-9-21)30-25-16-24(23(18-29-25)26(27)34)28-17-19-4-3-5-22(15-19)33(35)36/h3-9,15-16,18H,2,10-14,17H2,1H3,(H2,27,34)(H2,28,29,30). The number of nitrogens with two attached hydrogens (primary N) is 1. The quantitative estimate of drug-likeness (QED) is 0.288. The number of benzene rings is 2. The van der Waals surface area contributed by atoms with Gasteiger partial charge in [-0.3, -0.25) is 19.8 Å². The van der Waals surface area contributed by atoms with E-state index in [1.54, 1.807) is 18.2 Å². The highest BCUT2D eigenvalue weighted by molar-refractivity contribution is 5.98. The van der Waals surface area contributed by atoms with E-state index < -0.39 is 10.8 Å². The van der Waals surface area contributed by atoms with Crippen molar-refractivity contribution in [2.45, 2.75) is 19.9 Å². The Bertz CT molecular complexity index is 1210. The molecule has 0 aliphatic carbocycles. The van der Waals surface area contributed by atoms with Crippen molar-refractivity contribution in [2.24, 2.45) is 5.73 Å². The van der Waals surface area contributed by atoms with Crippen LogP contribution in [0, 0.1) is 10.1 Å². The molecule has 1 aromatic heterocycles. The van der Waals surface area contributed by atoms with Gasteiger partial charge in [0.15, 0.2) is 0 Å². The molecule has 1 amide bonds. The number of carbonyl (C=O) groups is 1. The Kier molecular flexibility index (Phi) is 7.96. The van der Waals surface area contributed by atoms with Crippen molar-refractivity contribution >= 4 is 34.5 Å². The predicted octanol–water partition coefficient (Wildman–Crippen LogP) is 3.98. The Morgan fingerprint density at radius 3 is 2.53 bits per heavy atom. The van der Waals surface area contributed by atoms with Gasteiger partial charge in [0.25, 0.3) is 11.6 Å². The van der Waals surface area contributed by atoms with Crippen molar-refractivity contribution in [3.05, 3.63) is 82.0 Å². The van der Waals surface area contributed by atoms with Crippen LogP contribution in [0.15, 0.2) is 60.8 Å². The largest absolute Gasteiger partial charge is 0.380 e. The van der Waals surface area contributed by atoms with Crippen molar-refractivity contribution in [2.75, 3.05) is 48.3 Å². The lowest BCUT2D eigenvalue weighted by molar-refractivity contribution is -0.384. The van der Waals surface area contributed by atoms with Gasteiger partial charge in [-0.1, -0.05) is 19.1 Å². The third-order valence-electron chi connectivity index (χ3n) is 6.19. The Morgan fingerprint density at radius 1 is 1.11 bits per heavy atom. The van der Waals surface area contributed by atoms with Crippen LogP contribution >= 0.6 is 0 Å². The summed E-state index contributed by atoms with van der Waals surface area (Å²) in [5.41, 5.74) is 9.03. The molecule has 0 bridgehead atoms. The molecule has 1 aliphatic rings. The van der Waals surface area contributed by atoms with E-state index in [1.807, 2.05) is 12.1 Å². The molecule has 4 N–H and O–H groups in total. The fourth-order valence-electron chi connectivity index (χ4n) is 4.29. The number of anilines is 4. The maximum atomic E-state index is 11.9. The van der Waals surface area contributed by atoms with Crippen LogP contribution in [0.1, 0.15) is 29.3 Å². The summed E-state index contributed by atoms with van der Waals surface area (Å²) in [6.45, 7) is 7.84. The number of nitro groups is 1. The van der Waals surface area contributed by atoms with Gasteiger partial charge in [-0.05, 0) is 42.8 Å². The third-order valence-corrected chi connectivity index (χ3v) is 6.19. The van der Waals surface area contributed by atoms with Gasteiger partial charge in [-0.2, -0.15) is 0 Å². The molecule has 0 saturated carbocycles. The zero-order valence-corrected chi connectivity index (χ0v) is 20.3. The van der Waals surface area contributed by atoms with Gasteiger partial charge < -0.3 is 21.3 Å². The summed E-state index contributed by atoms with van der Waals surface area (Å²) < 4.78 is 0. The van der Waals surface area contributed by atoms with Gasteiger partial charge in [0.05, 0.1) is 16.2 Å². The van der Waals surface area contributed by atoms with Crippen molar-refractivity contribution in [3.63, 3.8) is 0 Å². The van der Waals surface area contributed by atoms with Crippen LogP contribution in [0.3, 0.4) is 0 Å². The molecule has 188 valence electrons. The molecule has 36 heavy (non-hydrogen) atoms. The molecule has 4 rings (SSSR count). The van der Waals surface area contributed by atoms with Gasteiger partial charge in [0, 0.05) is 68.5 Å². The van der Waals surface area contributed by atoms with Crippen molar-refractivity contribution in [3.8, 4) is 0 Å². The summed E-state index contributed by atoms with van der Waals surface area (Å²) in [5.74, 6) is -0.0681. The highest BCUT2D eigenvalue weighted by atomic mass is 16.6. The number of pyridine rings is 1. The maximum absolute atomic E-state index is 11.9. The smallest absolute Gasteiger partial charge is 0.269 e.